The standard InChI is InChI=1S/C8H11N3O3/c12-7(1-2-8(13)14)11-5-6-9-3-4-10-6/h3-4H,1-2,5H2,(H,9,10)(H,11,12)(H,13,14). The molecule has 0 bridgehead atoms. The van der Waals surface area contributed by atoms with Gasteiger partial charge in [0, 0.05) is 18.8 Å². The van der Waals surface area contributed by atoms with E-state index in [1.807, 2.05) is 0 Å². The Morgan fingerprint density at radius 1 is 1.50 bits per heavy atom. The van der Waals surface area contributed by atoms with Crippen LogP contribution >= 0.6 is 0 Å². The summed E-state index contributed by atoms with van der Waals surface area (Å²) in [5.74, 6) is -0.615. The van der Waals surface area contributed by atoms with Crippen molar-refractivity contribution in [3.8, 4) is 0 Å². The van der Waals surface area contributed by atoms with Gasteiger partial charge < -0.3 is 15.4 Å². The average Bonchev–Trinajstić information content (AvgIpc) is 2.63. The van der Waals surface area contributed by atoms with E-state index in [0.717, 1.165) is 0 Å². The minimum atomic E-state index is -0.974. The van der Waals surface area contributed by atoms with Crippen molar-refractivity contribution in [2.75, 3.05) is 0 Å². The van der Waals surface area contributed by atoms with Crippen molar-refractivity contribution in [2.45, 2.75) is 19.4 Å². The number of nitrogens with one attached hydrogen (secondary N) is 2. The summed E-state index contributed by atoms with van der Waals surface area (Å²) in [6.07, 6.45) is 3.08. The van der Waals surface area contributed by atoms with Crippen molar-refractivity contribution in [3.63, 3.8) is 0 Å². The smallest absolute Gasteiger partial charge is 0.303 e. The number of H-pyrrole nitrogens is 1. The molecule has 0 aliphatic rings. The second kappa shape index (κ2) is 5.00. The van der Waals surface area contributed by atoms with Crippen LogP contribution < -0.4 is 5.32 Å². The first-order valence-electron chi connectivity index (χ1n) is 4.15. The molecule has 76 valence electrons. The van der Waals surface area contributed by atoms with E-state index in [0.29, 0.717) is 12.4 Å². The Bertz CT molecular complexity index is 308. The highest BCUT2D eigenvalue weighted by molar-refractivity contribution is 5.80. The fourth-order valence-corrected chi connectivity index (χ4v) is 0.886. The summed E-state index contributed by atoms with van der Waals surface area (Å²) >= 11 is 0. The summed E-state index contributed by atoms with van der Waals surface area (Å²) in [5.41, 5.74) is 0. The van der Waals surface area contributed by atoms with Crippen molar-refractivity contribution >= 4 is 11.9 Å². The Kier molecular flexibility index (Phi) is 3.66. The molecule has 0 aliphatic heterocycles. The van der Waals surface area contributed by atoms with Crippen LogP contribution in [0.15, 0.2) is 12.4 Å². The molecule has 0 aliphatic carbocycles. The monoisotopic (exact) mass is 197 g/mol. The largest absolute Gasteiger partial charge is 0.481 e. The number of hydrogen-bond donors (Lipinski definition) is 3. The molecule has 0 spiro atoms. The lowest BCUT2D eigenvalue weighted by molar-refractivity contribution is -0.138. The topological polar surface area (TPSA) is 95.1 Å². The minimum Gasteiger partial charge on any atom is -0.481 e. The van der Waals surface area contributed by atoms with Gasteiger partial charge in [0.15, 0.2) is 0 Å². The number of carboxylic acid groups (broad SMARTS) is 1. The van der Waals surface area contributed by atoms with Gasteiger partial charge in [-0.15, -0.1) is 0 Å². The number of carboxylic acids is 1. The molecule has 3 N–H and O–H groups in total. The quantitative estimate of drug-likeness (QED) is 0.613. The maximum Gasteiger partial charge on any atom is 0.303 e. The number of aromatic amines is 1. The van der Waals surface area contributed by atoms with Crippen LogP contribution in [0.1, 0.15) is 18.7 Å². The zero-order chi connectivity index (χ0) is 10.4. The van der Waals surface area contributed by atoms with Crippen LogP contribution in [0.5, 0.6) is 0 Å². The zero-order valence-electron chi connectivity index (χ0n) is 7.49. The van der Waals surface area contributed by atoms with E-state index in [2.05, 4.69) is 15.3 Å². The fourth-order valence-electron chi connectivity index (χ4n) is 0.886. The van der Waals surface area contributed by atoms with Gasteiger partial charge in [0.2, 0.25) is 5.91 Å². The van der Waals surface area contributed by atoms with E-state index in [1.165, 1.54) is 0 Å². The number of aliphatic carboxylic acids is 1. The molecule has 0 aromatic carbocycles. The van der Waals surface area contributed by atoms with E-state index in [4.69, 9.17) is 5.11 Å². The Morgan fingerprint density at radius 2 is 2.29 bits per heavy atom. The number of aromatic nitrogens is 2. The highest BCUT2D eigenvalue weighted by Gasteiger charge is 2.05. The van der Waals surface area contributed by atoms with Gasteiger partial charge >= 0.3 is 5.97 Å². The van der Waals surface area contributed by atoms with Crippen molar-refractivity contribution in [3.05, 3.63) is 18.2 Å². The zero-order valence-corrected chi connectivity index (χ0v) is 7.49. The van der Waals surface area contributed by atoms with Gasteiger partial charge in [0.05, 0.1) is 13.0 Å². The van der Waals surface area contributed by atoms with Crippen LogP contribution in [0.3, 0.4) is 0 Å². The van der Waals surface area contributed by atoms with Gasteiger partial charge in [-0.1, -0.05) is 0 Å². The van der Waals surface area contributed by atoms with E-state index < -0.39 is 5.97 Å². The predicted octanol–water partition coefficient (Wildman–Crippen LogP) is -0.109. The number of imidazole rings is 1. The highest BCUT2D eigenvalue weighted by Crippen LogP contribution is 1.91. The van der Waals surface area contributed by atoms with Gasteiger partial charge in [-0.3, -0.25) is 9.59 Å². The lowest BCUT2D eigenvalue weighted by Gasteiger charge is -2.00. The summed E-state index contributed by atoms with van der Waals surface area (Å²) in [6, 6.07) is 0. The number of hydrogen-bond acceptors (Lipinski definition) is 3. The number of carbonyl (C=O) groups is 2. The van der Waals surface area contributed by atoms with E-state index in [1.54, 1.807) is 12.4 Å². The third-order valence-electron chi connectivity index (χ3n) is 1.57. The lowest BCUT2D eigenvalue weighted by Crippen LogP contribution is -2.23. The fraction of sp³-hybridized carbons (Fsp3) is 0.375. The van der Waals surface area contributed by atoms with Crippen LogP contribution in [0.25, 0.3) is 0 Å². The van der Waals surface area contributed by atoms with E-state index in [9.17, 15) is 9.59 Å². The molecule has 1 amide bonds. The molecule has 1 aromatic heterocycles. The molecular weight excluding hydrogens is 186 g/mol. The van der Waals surface area contributed by atoms with Gasteiger partial charge in [0.25, 0.3) is 0 Å². The van der Waals surface area contributed by atoms with E-state index in [-0.39, 0.29) is 18.7 Å². The van der Waals surface area contributed by atoms with Crippen LogP contribution in [-0.4, -0.2) is 27.0 Å². The SMILES string of the molecule is O=C(O)CCC(=O)NCc1ncc[nH]1. The van der Waals surface area contributed by atoms with Gasteiger partial charge in [-0.2, -0.15) is 0 Å². The molecule has 0 saturated carbocycles. The molecule has 0 fully saturated rings. The molecule has 6 heteroatoms. The Hall–Kier alpha value is -1.85. The van der Waals surface area contributed by atoms with Crippen molar-refractivity contribution < 1.29 is 14.7 Å². The second-order valence-electron chi connectivity index (χ2n) is 2.71. The van der Waals surface area contributed by atoms with Crippen LogP contribution in [0, 0.1) is 0 Å². The average molecular weight is 197 g/mol. The molecule has 1 aromatic rings. The Labute approximate surface area is 80.4 Å². The van der Waals surface area contributed by atoms with Crippen molar-refractivity contribution in [1.82, 2.24) is 15.3 Å². The van der Waals surface area contributed by atoms with Crippen LogP contribution in [-0.2, 0) is 16.1 Å². The van der Waals surface area contributed by atoms with E-state index >= 15 is 0 Å². The molecule has 6 nitrogen and oxygen atoms in total. The molecule has 0 unspecified atom stereocenters. The maximum atomic E-state index is 11.0. The number of carbonyl (C=O) groups excluding carboxylic acids is 1. The molecule has 14 heavy (non-hydrogen) atoms. The third kappa shape index (κ3) is 3.70. The molecule has 1 heterocycles. The summed E-state index contributed by atoms with van der Waals surface area (Å²) in [6.45, 7) is 0.297. The van der Waals surface area contributed by atoms with Crippen LogP contribution in [0.2, 0.25) is 0 Å². The minimum absolute atomic E-state index is 0.00393. The lowest BCUT2D eigenvalue weighted by atomic mass is 10.3. The van der Waals surface area contributed by atoms with Crippen molar-refractivity contribution in [2.24, 2.45) is 0 Å². The van der Waals surface area contributed by atoms with Gasteiger partial charge in [0.1, 0.15) is 5.82 Å². The third-order valence-corrected chi connectivity index (χ3v) is 1.57. The molecule has 0 radical (unpaired) electrons. The Balaban J connectivity index is 2.18. The summed E-state index contributed by atoms with van der Waals surface area (Å²) in [5, 5.41) is 10.9. The molecule has 1 rings (SSSR count). The summed E-state index contributed by atoms with van der Waals surface area (Å²) in [4.78, 5) is 27.9. The molecule has 0 saturated heterocycles. The van der Waals surface area contributed by atoms with Gasteiger partial charge in [-0.05, 0) is 0 Å². The second-order valence-corrected chi connectivity index (χ2v) is 2.71. The van der Waals surface area contributed by atoms with Crippen LogP contribution in [0.4, 0.5) is 0 Å². The summed E-state index contributed by atoms with van der Waals surface area (Å²) < 4.78 is 0. The first kappa shape index (κ1) is 10.2. The summed E-state index contributed by atoms with van der Waals surface area (Å²) in [7, 11) is 0. The normalized spacial score (nSPS) is 9.71. The van der Waals surface area contributed by atoms with Gasteiger partial charge in [-0.25, -0.2) is 4.98 Å². The first-order chi connectivity index (χ1) is 6.68. The molecular formula is C8H11N3O3. The maximum absolute atomic E-state index is 11.0. The van der Waals surface area contributed by atoms with Crippen molar-refractivity contribution in [1.29, 1.82) is 0 Å². The highest BCUT2D eigenvalue weighted by atomic mass is 16.4. The Morgan fingerprint density at radius 3 is 2.86 bits per heavy atom. The molecule has 0 atom stereocenters. The predicted molar refractivity (Wildman–Crippen MR) is 47.3 cm³/mol. The number of nitrogens with zero attached hydrogens (tertiary/aromatic N) is 1. The number of amides is 1. The number of rotatable bonds is 5. The first-order valence-corrected chi connectivity index (χ1v) is 4.15.